The molecule has 0 bridgehead atoms. The number of likely N-dealkylation sites (N-methyl/N-ethyl adjacent to an activating group) is 1. The molecule has 1 aromatic rings. The first kappa shape index (κ1) is 17.3. The van der Waals surface area contributed by atoms with Crippen molar-refractivity contribution in [1.82, 2.24) is 0 Å². The molecule has 1 aliphatic carbocycles. The van der Waals surface area contributed by atoms with Gasteiger partial charge in [-0.2, -0.15) is 0 Å². The van der Waals surface area contributed by atoms with Crippen LogP contribution in [0.2, 0.25) is 0 Å². The van der Waals surface area contributed by atoms with Crippen LogP contribution < -0.4 is 10.6 Å². The summed E-state index contributed by atoms with van der Waals surface area (Å²) in [5, 5.41) is 0. The second-order valence-corrected chi connectivity index (χ2v) is 6.83. The Morgan fingerprint density at radius 1 is 1.32 bits per heavy atom. The van der Waals surface area contributed by atoms with Crippen molar-refractivity contribution in [3.8, 4) is 0 Å². The molecule has 0 aromatic heterocycles. The number of halogens is 1. The SMILES string of the molecule is CN(C(=O)C1(N)C2CCCOC2C1(C)C)c1ccccc1.Cl. The molecule has 22 heavy (non-hydrogen) atoms. The molecule has 0 spiro atoms. The van der Waals surface area contributed by atoms with Gasteiger partial charge in [-0.25, -0.2) is 0 Å². The van der Waals surface area contributed by atoms with E-state index in [1.807, 2.05) is 30.3 Å². The second-order valence-electron chi connectivity index (χ2n) is 6.83. The van der Waals surface area contributed by atoms with Crippen molar-refractivity contribution >= 4 is 24.0 Å². The molecule has 2 N–H and O–H groups in total. The molecule has 1 amide bonds. The molecule has 1 saturated heterocycles. The van der Waals surface area contributed by atoms with Crippen LogP contribution in [-0.4, -0.2) is 31.2 Å². The van der Waals surface area contributed by atoms with E-state index in [2.05, 4.69) is 13.8 Å². The lowest BCUT2D eigenvalue weighted by Crippen LogP contribution is -2.82. The van der Waals surface area contributed by atoms with Gasteiger partial charge in [0.1, 0.15) is 5.54 Å². The molecule has 2 aliphatic rings. The number of anilines is 1. The zero-order chi connectivity index (χ0) is 15.3. The van der Waals surface area contributed by atoms with Crippen molar-refractivity contribution < 1.29 is 9.53 Å². The third-order valence-corrected chi connectivity index (χ3v) is 5.49. The van der Waals surface area contributed by atoms with Gasteiger partial charge in [0.2, 0.25) is 5.91 Å². The van der Waals surface area contributed by atoms with Crippen molar-refractivity contribution in [2.75, 3.05) is 18.6 Å². The lowest BCUT2D eigenvalue weighted by Gasteiger charge is -2.65. The molecule has 0 radical (unpaired) electrons. The Hall–Kier alpha value is -1.10. The van der Waals surface area contributed by atoms with Gasteiger partial charge in [0.15, 0.2) is 0 Å². The minimum Gasteiger partial charge on any atom is -0.377 e. The number of fused-ring (bicyclic) bond motifs is 1. The van der Waals surface area contributed by atoms with Crippen molar-refractivity contribution in [2.24, 2.45) is 17.1 Å². The zero-order valence-corrected chi connectivity index (χ0v) is 14.2. The number of hydrogen-bond donors (Lipinski definition) is 1. The molecule has 3 unspecified atom stereocenters. The maximum absolute atomic E-state index is 13.1. The van der Waals surface area contributed by atoms with Crippen molar-refractivity contribution in [1.29, 1.82) is 0 Å². The van der Waals surface area contributed by atoms with Gasteiger partial charge in [0.25, 0.3) is 0 Å². The van der Waals surface area contributed by atoms with E-state index in [1.54, 1.807) is 11.9 Å². The van der Waals surface area contributed by atoms with Gasteiger partial charge < -0.3 is 15.4 Å². The predicted molar refractivity (Wildman–Crippen MR) is 90.3 cm³/mol. The van der Waals surface area contributed by atoms with Crippen LogP contribution in [0.5, 0.6) is 0 Å². The fourth-order valence-corrected chi connectivity index (χ4v) is 4.06. The first-order valence-electron chi connectivity index (χ1n) is 7.64. The first-order valence-corrected chi connectivity index (χ1v) is 7.64. The third kappa shape index (κ3) is 2.16. The highest BCUT2D eigenvalue weighted by Gasteiger charge is 2.70. The summed E-state index contributed by atoms with van der Waals surface area (Å²) in [5.74, 6) is 0.116. The van der Waals surface area contributed by atoms with E-state index in [-0.39, 0.29) is 35.8 Å². The summed E-state index contributed by atoms with van der Waals surface area (Å²) < 4.78 is 5.87. The smallest absolute Gasteiger partial charge is 0.247 e. The van der Waals surface area contributed by atoms with Crippen LogP contribution in [0, 0.1) is 11.3 Å². The predicted octanol–water partition coefficient (Wildman–Crippen LogP) is 2.60. The fourth-order valence-electron chi connectivity index (χ4n) is 4.06. The molecule has 122 valence electrons. The van der Waals surface area contributed by atoms with E-state index in [9.17, 15) is 4.79 Å². The topological polar surface area (TPSA) is 55.6 Å². The van der Waals surface area contributed by atoms with Crippen LogP contribution in [0.15, 0.2) is 30.3 Å². The first-order chi connectivity index (χ1) is 9.90. The number of benzene rings is 1. The van der Waals surface area contributed by atoms with E-state index in [1.165, 1.54) is 0 Å². The summed E-state index contributed by atoms with van der Waals surface area (Å²) in [6.45, 7) is 4.88. The monoisotopic (exact) mass is 324 g/mol. The zero-order valence-electron chi connectivity index (χ0n) is 13.4. The Kier molecular flexibility index (Phi) is 4.58. The Balaban J connectivity index is 0.00000176. The Bertz CT molecular complexity index is 549. The minimum atomic E-state index is -0.845. The van der Waals surface area contributed by atoms with Gasteiger partial charge in [0, 0.05) is 30.7 Å². The third-order valence-electron chi connectivity index (χ3n) is 5.49. The summed E-state index contributed by atoms with van der Waals surface area (Å²) in [5.41, 5.74) is 6.34. The van der Waals surface area contributed by atoms with E-state index in [0.717, 1.165) is 25.1 Å². The van der Waals surface area contributed by atoms with Crippen molar-refractivity contribution in [3.63, 3.8) is 0 Å². The van der Waals surface area contributed by atoms with Gasteiger partial charge >= 0.3 is 0 Å². The number of carbonyl (C=O) groups is 1. The van der Waals surface area contributed by atoms with Crippen molar-refractivity contribution in [3.05, 3.63) is 30.3 Å². The number of ether oxygens (including phenoxy) is 1. The van der Waals surface area contributed by atoms with Gasteiger partial charge in [0.05, 0.1) is 6.10 Å². The van der Waals surface area contributed by atoms with Gasteiger partial charge in [-0.05, 0) is 25.0 Å². The standard InChI is InChI=1S/C17H24N2O2.ClH/c1-16(2)14-13(10-7-11-21-14)17(16,18)15(20)19(3)12-8-5-4-6-9-12;/h4-6,8-9,13-14H,7,10-11,18H2,1-3H3;1H. The van der Waals surface area contributed by atoms with Crippen molar-refractivity contribution in [2.45, 2.75) is 38.3 Å². The summed E-state index contributed by atoms with van der Waals surface area (Å²) in [6, 6.07) is 9.67. The van der Waals surface area contributed by atoms with Crippen LogP contribution in [0.3, 0.4) is 0 Å². The Labute approximate surface area is 138 Å². The molecule has 1 aromatic carbocycles. The highest BCUT2D eigenvalue weighted by molar-refractivity contribution is 6.01. The second kappa shape index (κ2) is 5.84. The maximum atomic E-state index is 13.1. The van der Waals surface area contributed by atoms with Gasteiger partial charge in [-0.3, -0.25) is 4.79 Å². The number of hydrogen-bond acceptors (Lipinski definition) is 3. The van der Waals surface area contributed by atoms with Crippen LogP contribution >= 0.6 is 12.4 Å². The summed E-state index contributed by atoms with van der Waals surface area (Å²) in [4.78, 5) is 14.8. The molecule has 1 aliphatic heterocycles. The van der Waals surface area contributed by atoms with E-state index in [0.29, 0.717) is 0 Å². The fraction of sp³-hybridized carbons (Fsp3) is 0.588. The normalized spacial score (nSPS) is 32.2. The molecule has 2 fully saturated rings. The highest BCUT2D eigenvalue weighted by Crippen LogP contribution is 2.58. The number of nitrogens with two attached hydrogens (primary N) is 1. The molecule has 3 atom stereocenters. The lowest BCUT2D eigenvalue weighted by molar-refractivity contribution is -0.223. The summed E-state index contributed by atoms with van der Waals surface area (Å²) >= 11 is 0. The van der Waals surface area contributed by atoms with E-state index < -0.39 is 5.54 Å². The maximum Gasteiger partial charge on any atom is 0.247 e. The lowest BCUT2D eigenvalue weighted by atomic mass is 9.46. The highest BCUT2D eigenvalue weighted by atomic mass is 35.5. The number of carbonyl (C=O) groups excluding carboxylic acids is 1. The summed E-state index contributed by atoms with van der Waals surface area (Å²) in [6.07, 6.45) is 2.06. The Morgan fingerprint density at radius 2 is 1.95 bits per heavy atom. The Morgan fingerprint density at radius 3 is 2.59 bits per heavy atom. The average Bonchev–Trinajstić information content (AvgIpc) is 2.53. The quantitative estimate of drug-likeness (QED) is 0.909. The van der Waals surface area contributed by atoms with E-state index in [4.69, 9.17) is 10.5 Å². The van der Waals surface area contributed by atoms with E-state index >= 15 is 0 Å². The minimum absolute atomic E-state index is 0. The number of amides is 1. The molecular formula is C17H25ClN2O2. The molecule has 1 heterocycles. The van der Waals surface area contributed by atoms with Gasteiger partial charge in [-0.15, -0.1) is 12.4 Å². The number of para-hydroxylation sites is 1. The molecule has 4 nitrogen and oxygen atoms in total. The molecule has 1 saturated carbocycles. The number of nitrogens with zero attached hydrogens (tertiary/aromatic N) is 1. The molecule has 5 heteroatoms. The largest absolute Gasteiger partial charge is 0.377 e. The number of rotatable bonds is 2. The molecular weight excluding hydrogens is 300 g/mol. The van der Waals surface area contributed by atoms with Crippen LogP contribution in [0.1, 0.15) is 26.7 Å². The van der Waals surface area contributed by atoms with Gasteiger partial charge in [-0.1, -0.05) is 32.0 Å². The average molecular weight is 325 g/mol. The van der Waals surface area contributed by atoms with Crippen LogP contribution in [0.4, 0.5) is 5.69 Å². The molecule has 3 rings (SSSR count). The summed E-state index contributed by atoms with van der Waals surface area (Å²) in [7, 11) is 1.80. The van der Waals surface area contributed by atoms with Crippen LogP contribution in [-0.2, 0) is 9.53 Å². The van der Waals surface area contributed by atoms with Crippen LogP contribution in [0.25, 0.3) is 0 Å².